The van der Waals surface area contributed by atoms with E-state index in [1.165, 1.54) is 18.4 Å². The van der Waals surface area contributed by atoms with Crippen LogP contribution >= 0.6 is 0 Å². The Hall–Kier alpha value is -2.17. The van der Waals surface area contributed by atoms with Gasteiger partial charge in [-0.3, -0.25) is 9.69 Å². The number of hydrogen-bond donors (Lipinski definition) is 1. The smallest absolute Gasteiger partial charge is 0.253 e. The van der Waals surface area contributed by atoms with Crippen LogP contribution in [0.1, 0.15) is 66.8 Å². The highest BCUT2D eigenvalue weighted by molar-refractivity contribution is 5.94. The predicted molar refractivity (Wildman–Crippen MR) is 128 cm³/mol. The van der Waals surface area contributed by atoms with Crippen LogP contribution in [0.4, 0.5) is 0 Å². The van der Waals surface area contributed by atoms with Crippen molar-refractivity contribution in [3.8, 4) is 0 Å². The minimum Gasteiger partial charge on any atom is -0.391 e. The van der Waals surface area contributed by atoms with Crippen LogP contribution in [0.2, 0.25) is 0 Å². The molecule has 0 bridgehead atoms. The van der Waals surface area contributed by atoms with Crippen LogP contribution in [0.3, 0.4) is 0 Å². The zero-order valence-corrected chi connectivity index (χ0v) is 19.0. The Kier molecular flexibility index (Phi) is 6.34. The third kappa shape index (κ3) is 4.49. The van der Waals surface area contributed by atoms with Gasteiger partial charge in [-0.1, -0.05) is 48.5 Å². The molecule has 2 aromatic rings. The number of piperidine rings is 2. The molecule has 0 unspecified atom stereocenters. The zero-order valence-electron chi connectivity index (χ0n) is 19.0. The minimum absolute atomic E-state index is 0.0843. The molecular formula is C28H36N2O2. The summed E-state index contributed by atoms with van der Waals surface area (Å²) in [5, 5.41) is 11.2. The van der Waals surface area contributed by atoms with E-state index in [2.05, 4.69) is 35.2 Å². The van der Waals surface area contributed by atoms with Gasteiger partial charge in [-0.2, -0.15) is 0 Å². The number of nitrogens with zero attached hydrogens (tertiary/aromatic N) is 2. The summed E-state index contributed by atoms with van der Waals surface area (Å²) in [5.74, 6) is 0.791. The van der Waals surface area contributed by atoms with E-state index in [-0.39, 0.29) is 23.5 Å². The van der Waals surface area contributed by atoms with Crippen molar-refractivity contribution in [3.05, 3.63) is 71.8 Å². The van der Waals surface area contributed by atoms with Gasteiger partial charge in [-0.25, -0.2) is 0 Å². The van der Waals surface area contributed by atoms with Crippen LogP contribution in [0, 0.1) is 5.41 Å². The Labute approximate surface area is 192 Å². The maximum Gasteiger partial charge on any atom is 0.253 e. The Bertz CT molecular complexity index is 894. The van der Waals surface area contributed by atoms with Crippen molar-refractivity contribution in [2.45, 2.75) is 63.0 Å². The molecule has 2 saturated heterocycles. The third-order valence-electron chi connectivity index (χ3n) is 8.30. The lowest BCUT2D eigenvalue weighted by molar-refractivity contribution is -0.0565. The molecule has 4 heteroatoms. The fourth-order valence-electron chi connectivity index (χ4n) is 6.56. The number of carbonyl (C=O) groups is 1. The number of hydrogen-bond acceptors (Lipinski definition) is 3. The van der Waals surface area contributed by atoms with Gasteiger partial charge in [0.2, 0.25) is 0 Å². The molecule has 3 aliphatic rings. The van der Waals surface area contributed by atoms with Crippen molar-refractivity contribution in [1.29, 1.82) is 0 Å². The van der Waals surface area contributed by atoms with Gasteiger partial charge in [0.25, 0.3) is 5.91 Å². The van der Waals surface area contributed by atoms with Gasteiger partial charge in [0.05, 0.1) is 6.10 Å². The van der Waals surface area contributed by atoms with Crippen molar-refractivity contribution in [1.82, 2.24) is 9.80 Å². The average molecular weight is 433 g/mol. The number of carbonyl (C=O) groups excluding carboxylic acids is 1. The highest BCUT2D eigenvalue weighted by Gasteiger charge is 2.45. The third-order valence-corrected chi connectivity index (χ3v) is 8.30. The first kappa shape index (κ1) is 21.7. The molecule has 1 amide bonds. The predicted octanol–water partition coefficient (Wildman–Crippen LogP) is 4.70. The largest absolute Gasteiger partial charge is 0.391 e. The highest BCUT2D eigenvalue weighted by atomic mass is 16.3. The molecule has 0 aromatic heterocycles. The van der Waals surface area contributed by atoms with Crippen LogP contribution in [-0.2, 0) is 0 Å². The fourth-order valence-corrected chi connectivity index (χ4v) is 6.56. The maximum absolute atomic E-state index is 13.0. The molecule has 2 aliphatic heterocycles. The Morgan fingerprint density at radius 3 is 2.25 bits per heavy atom. The first-order valence-corrected chi connectivity index (χ1v) is 12.4. The number of benzene rings is 2. The summed E-state index contributed by atoms with van der Waals surface area (Å²) in [6, 6.07) is 20.8. The first-order valence-electron chi connectivity index (χ1n) is 12.4. The molecule has 1 N–H and O–H groups in total. The summed E-state index contributed by atoms with van der Waals surface area (Å²) in [6.07, 6.45) is 7.23. The Morgan fingerprint density at radius 2 is 1.56 bits per heavy atom. The average Bonchev–Trinajstić information content (AvgIpc) is 2.85. The summed E-state index contributed by atoms with van der Waals surface area (Å²) in [5.41, 5.74) is 2.32. The van der Waals surface area contributed by atoms with Crippen LogP contribution in [0.25, 0.3) is 0 Å². The highest BCUT2D eigenvalue weighted by Crippen LogP contribution is 2.45. The van der Waals surface area contributed by atoms with E-state index in [0.717, 1.165) is 63.8 Å². The molecule has 2 aromatic carbocycles. The van der Waals surface area contributed by atoms with Crippen LogP contribution < -0.4 is 0 Å². The first-order chi connectivity index (χ1) is 15.6. The van der Waals surface area contributed by atoms with Crippen molar-refractivity contribution in [2.75, 3.05) is 26.2 Å². The summed E-state index contributed by atoms with van der Waals surface area (Å²) >= 11 is 0. The van der Waals surface area contributed by atoms with E-state index in [1.54, 1.807) is 0 Å². The molecule has 3 fully saturated rings. The summed E-state index contributed by atoms with van der Waals surface area (Å²) < 4.78 is 0. The molecule has 3 atom stereocenters. The lowest BCUT2D eigenvalue weighted by Crippen LogP contribution is -2.55. The van der Waals surface area contributed by atoms with Gasteiger partial charge < -0.3 is 10.0 Å². The second kappa shape index (κ2) is 9.36. The number of aliphatic hydroxyl groups excluding tert-OH is 1. The number of likely N-dealkylation sites (tertiary alicyclic amines) is 2. The molecule has 1 spiro atoms. The number of rotatable bonds is 3. The van der Waals surface area contributed by atoms with Gasteiger partial charge in [0.15, 0.2) is 0 Å². The summed E-state index contributed by atoms with van der Waals surface area (Å²) in [7, 11) is 0. The zero-order chi connectivity index (χ0) is 22.0. The van der Waals surface area contributed by atoms with Crippen molar-refractivity contribution in [3.63, 3.8) is 0 Å². The molecular weight excluding hydrogens is 396 g/mol. The second-order valence-electron chi connectivity index (χ2n) is 10.3. The van der Waals surface area contributed by atoms with Gasteiger partial charge in [-0.15, -0.1) is 0 Å². The van der Waals surface area contributed by atoms with Gasteiger partial charge >= 0.3 is 0 Å². The van der Waals surface area contributed by atoms with E-state index in [0.29, 0.717) is 5.92 Å². The lowest BCUT2D eigenvalue weighted by atomic mass is 9.66. The lowest BCUT2D eigenvalue weighted by Gasteiger charge is -2.51. The Morgan fingerprint density at radius 1 is 0.875 bits per heavy atom. The fraction of sp³-hybridized carbons (Fsp3) is 0.536. The quantitative estimate of drug-likeness (QED) is 0.764. The van der Waals surface area contributed by atoms with Gasteiger partial charge in [0, 0.05) is 24.7 Å². The van der Waals surface area contributed by atoms with Crippen molar-refractivity contribution in [2.24, 2.45) is 5.41 Å². The molecule has 2 heterocycles. The van der Waals surface area contributed by atoms with E-state index in [4.69, 9.17) is 0 Å². The van der Waals surface area contributed by atoms with Crippen molar-refractivity contribution < 1.29 is 9.90 Å². The van der Waals surface area contributed by atoms with Crippen LogP contribution in [0.5, 0.6) is 0 Å². The standard InChI is InChI=1S/C28H36N2O2/c31-26-20-28(15-7-17-30(21-28)27(32)24-10-5-2-6-11-24)16-12-25(26)29-18-13-23(14-19-29)22-8-3-1-4-9-22/h1-6,8-11,23,25-26,31H,7,12-21H2/t25-,26-,28-/m0/s1. The molecule has 170 valence electrons. The molecule has 1 aliphatic carbocycles. The molecule has 0 radical (unpaired) electrons. The Balaban J connectivity index is 1.18. The molecule has 5 rings (SSSR count). The van der Waals surface area contributed by atoms with E-state index in [9.17, 15) is 9.90 Å². The van der Waals surface area contributed by atoms with Gasteiger partial charge in [0.1, 0.15) is 0 Å². The maximum atomic E-state index is 13.0. The SMILES string of the molecule is O=C(c1ccccc1)N1CCC[C@@]2(CC[C@H](N3CCC(c4ccccc4)CC3)[C@@H](O)C2)C1. The number of amides is 1. The van der Waals surface area contributed by atoms with E-state index < -0.39 is 0 Å². The normalized spacial score (nSPS) is 29.8. The van der Waals surface area contributed by atoms with Gasteiger partial charge in [-0.05, 0) is 87.1 Å². The van der Waals surface area contributed by atoms with Crippen LogP contribution in [-0.4, -0.2) is 59.1 Å². The van der Waals surface area contributed by atoms with Crippen molar-refractivity contribution >= 4 is 5.91 Å². The van der Waals surface area contributed by atoms with Crippen LogP contribution in [0.15, 0.2) is 60.7 Å². The molecule has 32 heavy (non-hydrogen) atoms. The summed E-state index contributed by atoms with van der Waals surface area (Å²) in [6.45, 7) is 3.78. The van der Waals surface area contributed by atoms with E-state index >= 15 is 0 Å². The minimum atomic E-state index is -0.288. The second-order valence-corrected chi connectivity index (χ2v) is 10.3. The topological polar surface area (TPSA) is 43.8 Å². The summed E-state index contributed by atoms with van der Waals surface area (Å²) in [4.78, 5) is 17.6. The molecule has 1 saturated carbocycles. The van der Waals surface area contributed by atoms with E-state index in [1.807, 2.05) is 35.2 Å². The molecule has 4 nitrogen and oxygen atoms in total. The monoisotopic (exact) mass is 432 g/mol. The number of aliphatic hydroxyl groups is 1.